The Kier molecular flexibility index (Phi) is 12.2. The van der Waals surface area contributed by atoms with Gasteiger partial charge in [0.1, 0.15) is 0 Å². The van der Waals surface area contributed by atoms with Crippen molar-refractivity contribution in [2.75, 3.05) is 39.8 Å². The molecule has 1 amide bonds. The summed E-state index contributed by atoms with van der Waals surface area (Å²) in [5, 5.41) is 9.52. The van der Waals surface area contributed by atoms with Crippen LogP contribution in [-0.4, -0.2) is 62.6 Å². The van der Waals surface area contributed by atoms with E-state index in [9.17, 15) is 4.79 Å². The van der Waals surface area contributed by atoms with E-state index >= 15 is 0 Å². The molecule has 1 aliphatic rings. The molecule has 0 aliphatic carbocycles. The van der Waals surface area contributed by atoms with Crippen LogP contribution in [0.25, 0.3) is 0 Å². The summed E-state index contributed by atoms with van der Waals surface area (Å²) in [6.45, 7) is 8.93. The molecule has 2 heterocycles. The first-order valence-corrected chi connectivity index (χ1v) is 10.1. The minimum absolute atomic E-state index is 0. The van der Waals surface area contributed by atoms with E-state index in [2.05, 4.69) is 39.7 Å². The van der Waals surface area contributed by atoms with Gasteiger partial charge in [-0.3, -0.25) is 14.7 Å². The Morgan fingerprint density at radius 3 is 2.39 bits per heavy atom. The standard InChI is InChI=1S/C20H35N5O2.HI/c1-16(2)17(25-12-6-4-5-7-13-25)15-24-20(21-3)23-11-10-22-19(26)18-9-8-14-27-18;/h8-9,14,16-17H,4-7,10-13,15H2,1-3H3,(H,22,26)(H2,21,23,24);1H. The van der Waals surface area contributed by atoms with Crippen LogP contribution in [0.1, 0.15) is 50.1 Å². The highest BCUT2D eigenvalue weighted by Gasteiger charge is 2.22. The summed E-state index contributed by atoms with van der Waals surface area (Å²) in [5.41, 5.74) is 0. The number of nitrogens with zero attached hydrogens (tertiary/aromatic N) is 2. The molecule has 0 aromatic carbocycles. The molecule has 0 bridgehead atoms. The van der Waals surface area contributed by atoms with Gasteiger partial charge >= 0.3 is 0 Å². The maximum atomic E-state index is 11.8. The van der Waals surface area contributed by atoms with E-state index in [1.54, 1.807) is 19.2 Å². The third-order valence-electron chi connectivity index (χ3n) is 5.03. The molecule has 28 heavy (non-hydrogen) atoms. The zero-order valence-electron chi connectivity index (χ0n) is 17.4. The number of hydrogen-bond donors (Lipinski definition) is 3. The van der Waals surface area contributed by atoms with Gasteiger partial charge in [-0.1, -0.05) is 26.7 Å². The Morgan fingerprint density at radius 2 is 1.82 bits per heavy atom. The quantitative estimate of drug-likeness (QED) is 0.219. The maximum Gasteiger partial charge on any atom is 0.287 e. The molecule has 3 N–H and O–H groups in total. The normalized spacial score (nSPS) is 16.8. The van der Waals surface area contributed by atoms with Crippen molar-refractivity contribution < 1.29 is 9.21 Å². The van der Waals surface area contributed by atoms with Gasteiger partial charge in [0.2, 0.25) is 0 Å². The Labute approximate surface area is 186 Å². The van der Waals surface area contributed by atoms with Gasteiger partial charge in [0.15, 0.2) is 11.7 Å². The van der Waals surface area contributed by atoms with Crippen molar-refractivity contribution in [3.63, 3.8) is 0 Å². The molecule has 0 radical (unpaired) electrons. The predicted octanol–water partition coefficient (Wildman–Crippen LogP) is 2.69. The molecule has 1 saturated heterocycles. The molecule has 160 valence electrons. The molecule has 8 heteroatoms. The average molecular weight is 505 g/mol. The van der Waals surface area contributed by atoms with E-state index in [1.165, 1.54) is 45.0 Å². The average Bonchev–Trinajstić information content (AvgIpc) is 3.07. The summed E-state index contributed by atoms with van der Waals surface area (Å²) >= 11 is 0. The molecule has 1 atom stereocenters. The van der Waals surface area contributed by atoms with Crippen LogP contribution < -0.4 is 16.0 Å². The molecule has 0 saturated carbocycles. The molecule has 1 unspecified atom stereocenters. The van der Waals surface area contributed by atoms with Crippen LogP contribution in [0, 0.1) is 5.92 Å². The fraction of sp³-hybridized carbons (Fsp3) is 0.700. The van der Waals surface area contributed by atoms with Crippen LogP contribution in [0.15, 0.2) is 27.8 Å². The largest absolute Gasteiger partial charge is 0.459 e. The first kappa shape index (κ1) is 24.7. The summed E-state index contributed by atoms with van der Waals surface area (Å²) in [6.07, 6.45) is 6.79. The van der Waals surface area contributed by atoms with Gasteiger partial charge in [0.25, 0.3) is 5.91 Å². The minimum atomic E-state index is -0.203. The topological polar surface area (TPSA) is 81.9 Å². The van der Waals surface area contributed by atoms with Crippen molar-refractivity contribution in [3.05, 3.63) is 24.2 Å². The molecular weight excluding hydrogens is 469 g/mol. The lowest BCUT2D eigenvalue weighted by molar-refractivity contribution is 0.0926. The molecule has 1 fully saturated rings. The van der Waals surface area contributed by atoms with Gasteiger partial charge in [-0.25, -0.2) is 0 Å². The number of furan rings is 1. The van der Waals surface area contributed by atoms with Gasteiger partial charge < -0.3 is 20.4 Å². The highest BCUT2D eigenvalue weighted by molar-refractivity contribution is 14.0. The molecular formula is C20H36IN5O2. The molecule has 1 aromatic rings. The van der Waals surface area contributed by atoms with Crippen molar-refractivity contribution in [1.29, 1.82) is 0 Å². The van der Waals surface area contributed by atoms with Gasteiger partial charge in [-0.15, -0.1) is 24.0 Å². The maximum absolute atomic E-state index is 11.8. The lowest BCUT2D eigenvalue weighted by atomic mass is 10.0. The Hall–Kier alpha value is -1.29. The monoisotopic (exact) mass is 505 g/mol. The zero-order valence-corrected chi connectivity index (χ0v) is 19.7. The Morgan fingerprint density at radius 1 is 1.14 bits per heavy atom. The number of guanidine groups is 1. The fourth-order valence-corrected chi connectivity index (χ4v) is 3.49. The zero-order chi connectivity index (χ0) is 19.5. The Bertz CT molecular complexity index is 569. The number of hydrogen-bond acceptors (Lipinski definition) is 4. The number of carbonyl (C=O) groups is 1. The van der Waals surface area contributed by atoms with E-state index in [-0.39, 0.29) is 29.9 Å². The minimum Gasteiger partial charge on any atom is -0.459 e. The van der Waals surface area contributed by atoms with Gasteiger partial charge in [0.05, 0.1) is 6.26 Å². The first-order chi connectivity index (χ1) is 13.1. The van der Waals surface area contributed by atoms with Crippen LogP contribution in [0.3, 0.4) is 0 Å². The van der Waals surface area contributed by atoms with E-state index < -0.39 is 0 Å². The number of carbonyl (C=O) groups excluding carboxylic acids is 1. The molecule has 2 rings (SSSR count). The Balaban J connectivity index is 0.00000392. The van der Waals surface area contributed by atoms with Crippen LogP contribution in [0.2, 0.25) is 0 Å². The van der Waals surface area contributed by atoms with Crippen molar-refractivity contribution in [2.45, 2.75) is 45.6 Å². The summed E-state index contributed by atoms with van der Waals surface area (Å²) in [5.74, 6) is 1.48. The van der Waals surface area contributed by atoms with Crippen molar-refractivity contribution in [3.8, 4) is 0 Å². The van der Waals surface area contributed by atoms with Crippen molar-refractivity contribution >= 4 is 35.8 Å². The lowest BCUT2D eigenvalue weighted by Gasteiger charge is -2.34. The van der Waals surface area contributed by atoms with Gasteiger partial charge in [-0.2, -0.15) is 0 Å². The van der Waals surface area contributed by atoms with E-state index in [4.69, 9.17) is 4.42 Å². The predicted molar refractivity (Wildman–Crippen MR) is 124 cm³/mol. The van der Waals surface area contributed by atoms with Crippen LogP contribution in [-0.2, 0) is 0 Å². The van der Waals surface area contributed by atoms with Crippen molar-refractivity contribution in [1.82, 2.24) is 20.9 Å². The summed E-state index contributed by atoms with van der Waals surface area (Å²) < 4.78 is 5.08. The van der Waals surface area contributed by atoms with Crippen LogP contribution >= 0.6 is 24.0 Å². The number of aliphatic imine (C=N–C) groups is 1. The number of likely N-dealkylation sites (tertiary alicyclic amines) is 1. The number of nitrogens with one attached hydrogen (secondary N) is 3. The fourth-order valence-electron chi connectivity index (χ4n) is 3.49. The summed E-state index contributed by atoms with van der Waals surface area (Å²) in [6, 6.07) is 3.85. The lowest BCUT2D eigenvalue weighted by Crippen LogP contribution is -2.50. The van der Waals surface area contributed by atoms with Gasteiger partial charge in [-0.05, 0) is 44.0 Å². The number of amides is 1. The highest BCUT2D eigenvalue weighted by Crippen LogP contribution is 2.17. The number of halogens is 1. The number of rotatable bonds is 8. The third kappa shape index (κ3) is 8.38. The summed E-state index contributed by atoms with van der Waals surface area (Å²) in [7, 11) is 1.77. The second kappa shape index (κ2) is 13.8. The SMILES string of the molecule is CN=C(NCCNC(=O)c1ccco1)NCC(C(C)C)N1CCCCCC1.I. The second-order valence-corrected chi connectivity index (χ2v) is 7.37. The smallest absolute Gasteiger partial charge is 0.287 e. The highest BCUT2D eigenvalue weighted by atomic mass is 127. The molecule has 1 aliphatic heterocycles. The van der Waals surface area contributed by atoms with E-state index in [1.807, 2.05) is 0 Å². The van der Waals surface area contributed by atoms with Gasteiger partial charge in [0, 0.05) is 32.7 Å². The molecule has 1 aromatic heterocycles. The molecule has 7 nitrogen and oxygen atoms in total. The van der Waals surface area contributed by atoms with Crippen LogP contribution in [0.4, 0.5) is 0 Å². The second-order valence-electron chi connectivity index (χ2n) is 7.37. The molecule has 0 spiro atoms. The van der Waals surface area contributed by atoms with E-state index in [0.717, 1.165) is 12.5 Å². The van der Waals surface area contributed by atoms with E-state index in [0.29, 0.717) is 30.8 Å². The first-order valence-electron chi connectivity index (χ1n) is 10.1. The third-order valence-corrected chi connectivity index (χ3v) is 5.03. The summed E-state index contributed by atoms with van der Waals surface area (Å²) in [4.78, 5) is 18.7. The van der Waals surface area contributed by atoms with Crippen molar-refractivity contribution in [2.24, 2.45) is 10.9 Å². The van der Waals surface area contributed by atoms with Crippen LogP contribution in [0.5, 0.6) is 0 Å².